The Bertz CT molecular complexity index is 1450. The molecule has 2 fully saturated rings. The van der Waals surface area contributed by atoms with Crippen molar-refractivity contribution in [3.8, 4) is 11.4 Å². The zero-order chi connectivity index (χ0) is 23.2. The zero-order valence-corrected chi connectivity index (χ0v) is 19.0. The van der Waals surface area contributed by atoms with E-state index in [4.69, 9.17) is 5.73 Å². The number of nitrogens with one attached hydrogen (secondary N) is 2. The zero-order valence-electron chi connectivity index (χ0n) is 19.0. The van der Waals surface area contributed by atoms with Crippen LogP contribution in [0.4, 0.5) is 5.69 Å². The van der Waals surface area contributed by atoms with Gasteiger partial charge in [0.05, 0.1) is 22.2 Å². The molecule has 2 saturated heterocycles. The van der Waals surface area contributed by atoms with Gasteiger partial charge in [-0.25, -0.2) is 4.98 Å². The molecule has 0 bridgehead atoms. The van der Waals surface area contributed by atoms with E-state index in [0.29, 0.717) is 39.2 Å². The SMILES string of the molecule is Nc1c(-c2nc3ccc(C(=O)N4CCC[C@@H]4CN4CCCC4)cc3[nH]2)c(=O)[nH]c2ccccc12. The molecule has 4 heterocycles. The summed E-state index contributed by atoms with van der Waals surface area (Å²) in [5, 5.41) is 0.770. The van der Waals surface area contributed by atoms with Crippen LogP contribution in [0, 0.1) is 0 Å². The number of imidazole rings is 1. The van der Waals surface area contributed by atoms with E-state index in [2.05, 4.69) is 19.9 Å². The third-order valence-corrected chi connectivity index (χ3v) is 7.23. The van der Waals surface area contributed by atoms with E-state index >= 15 is 0 Å². The Morgan fingerprint density at radius 2 is 1.85 bits per heavy atom. The van der Waals surface area contributed by atoms with Crippen molar-refractivity contribution in [2.75, 3.05) is 31.9 Å². The first-order valence-corrected chi connectivity index (χ1v) is 12.0. The average Bonchev–Trinajstić information content (AvgIpc) is 3.60. The van der Waals surface area contributed by atoms with Crippen molar-refractivity contribution in [1.82, 2.24) is 24.8 Å². The standard InChI is InChI=1S/C26H28N6O2/c27-23-18-7-1-2-8-19(18)30-25(33)22(23)24-28-20-10-9-16(14-21(20)29-24)26(34)32-13-5-6-17(32)15-31-11-3-4-12-31/h1-2,7-10,14,17H,3-6,11-13,15H2,(H,28,29)(H3,27,30,33)/t17-/m1/s1. The van der Waals surface area contributed by atoms with E-state index in [9.17, 15) is 9.59 Å². The van der Waals surface area contributed by atoms with Crippen molar-refractivity contribution < 1.29 is 4.79 Å². The van der Waals surface area contributed by atoms with Crippen LogP contribution in [0.25, 0.3) is 33.3 Å². The van der Waals surface area contributed by atoms with Crippen LogP contribution < -0.4 is 11.3 Å². The second-order valence-electron chi connectivity index (χ2n) is 9.41. The fourth-order valence-corrected chi connectivity index (χ4v) is 5.49. The molecule has 8 nitrogen and oxygen atoms in total. The highest BCUT2D eigenvalue weighted by atomic mass is 16.2. The van der Waals surface area contributed by atoms with Crippen molar-refractivity contribution in [3.05, 3.63) is 58.4 Å². The molecule has 1 atom stereocenters. The number of aromatic nitrogens is 3. The molecule has 2 aromatic carbocycles. The monoisotopic (exact) mass is 456 g/mol. The Hall–Kier alpha value is -3.65. The lowest BCUT2D eigenvalue weighted by molar-refractivity contribution is 0.0709. The topological polar surface area (TPSA) is 111 Å². The number of nitrogen functional groups attached to an aromatic ring is 1. The number of anilines is 1. The van der Waals surface area contributed by atoms with Gasteiger partial charge in [0.1, 0.15) is 11.4 Å². The Labute approximate surface area is 196 Å². The summed E-state index contributed by atoms with van der Waals surface area (Å²) < 4.78 is 0. The summed E-state index contributed by atoms with van der Waals surface area (Å²) in [5.74, 6) is 0.458. The predicted molar refractivity (Wildman–Crippen MR) is 134 cm³/mol. The number of fused-ring (bicyclic) bond motifs is 2. The fourth-order valence-electron chi connectivity index (χ4n) is 5.49. The van der Waals surface area contributed by atoms with Crippen molar-refractivity contribution in [2.45, 2.75) is 31.7 Å². The third kappa shape index (κ3) is 3.54. The summed E-state index contributed by atoms with van der Waals surface area (Å²) in [7, 11) is 0. The van der Waals surface area contributed by atoms with E-state index in [-0.39, 0.29) is 17.5 Å². The summed E-state index contributed by atoms with van der Waals surface area (Å²) in [4.78, 5) is 41.4. The molecule has 0 radical (unpaired) electrons. The largest absolute Gasteiger partial charge is 0.397 e. The first kappa shape index (κ1) is 20.9. The number of H-pyrrole nitrogens is 2. The molecular weight excluding hydrogens is 428 g/mol. The second kappa shape index (κ2) is 8.29. The number of aromatic amines is 2. The van der Waals surface area contributed by atoms with E-state index in [0.717, 1.165) is 44.4 Å². The minimum absolute atomic E-state index is 0.0582. The van der Waals surface area contributed by atoms with Crippen LogP contribution in [0.5, 0.6) is 0 Å². The number of carbonyl (C=O) groups is 1. The van der Waals surface area contributed by atoms with Gasteiger partial charge in [0.25, 0.3) is 11.5 Å². The molecule has 1 amide bonds. The van der Waals surface area contributed by atoms with Crippen LogP contribution in [-0.4, -0.2) is 62.9 Å². The van der Waals surface area contributed by atoms with Gasteiger partial charge < -0.3 is 25.5 Å². The molecule has 4 N–H and O–H groups in total. The van der Waals surface area contributed by atoms with Crippen LogP contribution in [-0.2, 0) is 0 Å². The Morgan fingerprint density at radius 1 is 1.03 bits per heavy atom. The normalized spacial score (nSPS) is 18.9. The number of benzene rings is 2. The number of nitrogens with zero attached hydrogens (tertiary/aromatic N) is 3. The minimum Gasteiger partial charge on any atom is -0.397 e. The van der Waals surface area contributed by atoms with Crippen LogP contribution in [0.3, 0.4) is 0 Å². The van der Waals surface area contributed by atoms with Crippen molar-refractivity contribution >= 4 is 33.5 Å². The van der Waals surface area contributed by atoms with Crippen molar-refractivity contribution in [2.24, 2.45) is 0 Å². The van der Waals surface area contributed by atoms with Crippen LogP contribution in [0.15, 0.2) is 47.3 Å². The number of para-hydroxylation sites is 1. The van der Waals surface area contributed by atoms with E-state index in [1.165, 1.54) is 12.8 Å². The quantitative estimate of drug-likeness (QED) is 0.436. The Morgan fingerprint density at radius 3 is 2.71 bits per heavy atom. The molecule has 2 aromatic heterocycles. The predicted octanol–water partition coefficient (Wildman–Crippen LogP) is 3.35. The summed E-state index contributed by atoms with van der Waals surface area (Å²) in [5.41, 5.74) is 9.50. The highest BCUT2D eigenvalue weighted by molar-refractivity contribution is 6.00. The third-order valence-electron chi connectivity index (χ3n) is 7.23. The number of pyridine rings is 1. The number of rotatable bonds is 4. The molecule has 0 saturated carbocycles. The average molecular weight is 457 g/mol. The van der Waals surface area contributed by atoms with Gasteiger partial charge in [0.2, 0.25) is 0 Å². The second-order valence-corrected chi connectivity index (χ2v) is 9.41. The maximum absolute atomic E-state index is 13.4. The highest BCUT2D eigenvalue weighted by Gasteiger charge is 2.31. The van der Waals surface area contributed by atoms with Gasteiger partial charge in [-0.05, 0) is 63.0 Å². The molecule has 8 heteroatoms. The van der Waals surface area contributed by atoms with Crippen molar-refractivity contribution in [3.63, 3.8) is 0 Å². The van der Waals surface area contributed by atoms with Gasteiger partial charge in [0.15, 0.2) is 0 Å². The molecular formula is C26H28N6O2. The molecule has 174 valence electrons. The van der Waals surface area contributed by atoms with Gasteiger partial charge in [-0.2, -0.15) is 0 Å². The van der Waals surface area contributed by atoms with E-state index in [1.54, 1.807) is 0 Å². The summed E-state index contributed by atoms with van der Waals surface area (Å²) >= 11 is 0. The van der Waals surface area contributed by atoms with Crippen LogP contribution in [0.1, 0.15) is 36.0 Å². The number of likely N-dealkylation sites (tertiary alicyclic amines) is 2. The fraction of sp³-hybridized carbons (Fsp3) is 0.346. The molecule has 0 unspecified atom stereocenters. The lowest BCUT2D eigenvalue weighted by Gasteiger charge is -2.28. The number of nitrogens with two attached hydrogens (primary N) is 1. The summed E-state index contributed by atoms with van der Waals surface area (Å²) in [6.45, 7) is 4.04. The van der Waals surface area contributed by atoms with Crippen LogP contribution >= 0.6 is 0 Å². The summed E-state index contributed by atoms with van der Waals surface area (Å²) in [6.07, 6.45) is 4.61. The number of amides is 1. The number of hydrogen-bond donors (Lipinski definition) is 3. The molecule has 4 aromatic rings. The first-order valence-electron chi connectivity index (χ1n) is 12.0. The highest BCUT2D eigenvalue weighted by Crippen LogP contribution is 2.29. The van der Waals surface area contributed by atoms with Gasteiger partial charge in [-0.15, -0.1) is 0 Å². The first-order chi connectivity index (χ1) is 16.6. The number of carbonyl (C=O) groups excluding carboxylic acids is 1. The maximum atomic E-state index is 13.4. The molecule has 2 aliphatic rings. The summed E-state index contributed by atoms with van der Waals surface area (Å²) in [6, 6.07) is 13.2. The Balaban J connectivity index is 1.32. The van der Waals surface area contributed by atoms with Crippen LogP contribution in [0.2, 0.25) is 0 Å². The molecule has 2 aliphatic heterocycles. The van der Waals surface area contributed by atoms with Gasteiger partial charge in [-0.3, -0.25) is 9.59 Å². The lowest BCUT2D eigenvalue weighted by atomic mass is 10.1. The lowest BCUT2D eigenvalue weighted by Crippen LogP contribution is -2.42. The molecule has 6 rings (SSSR count). The van der Waals surface area contributed by atoms with E-state index < -0.39 is 0 Å². The van der Waals surface area contributed by atoms with E-state index in [1.807, 2.05) is 47.4 Å². The maximum Gasteiger partial charge on any atom is 0.261 e. The van der Waals surface area contributed by atoms with Gasteiger partial charge in [0, 0.05) is 30.1 Å². The molecule has 0 aliphatic carbocycles. The number of hydrogen-bond acceptors (Lipinski definition) is 5. The Kier molecular flexibility index (Phi) is 5.10. The van der Waals surface area contributed by atoms with Gasteiger partial charge >= 0.3 is 0 Å². The smallest absolute Gasteiger partial charge is 0.261 e. The van der Waals surface area contributed by atoms with Gasteiger partial charge in [-0.1, -0.05) is 18.2 Å². The van der Waals surface area contributed by atoms with Crippen molar-refractivity contribution in [1.29, 1.82) is 0 Å². The molecule has 34 heavy (non-hydrogen) atoms. The minimum atomic E-state index is -0.298. The molecule has 0 spiro atoms.